The van der Waals surface area contributed by atoms with E-state index in [0.717, 1.165) is 70.9 Å². The van der Waals surface area contributed by atoms with Gasteiger partial charge >= 0.3 is 0 Å². The van der Waals surface area contributed by atoms with Crippen molar-refractivity contribution < 1.29 is 4.42 Å². The summed E-state index contributed by atoms with van der Waals surface area (Å²) in [5.74, 6) is 1.61. The first-order valence-corrected chi connectivity index (χ1v) is 17.2. The molecule has 0 spiro atoms. The van der Waals surface area contributed by atoms with E-state index in [4.69, 9.17) is 14.4 Å². The summed E-state index contributed by atoms with van der Waals surface area (Å²) in [4.78, 5) is 10.7. The molecule has 0 fully saturated rings. The van der Waals surface area contributed by atoms with Crippen molar-refractivity contribution in [1.29, 1.82) is 0 Å². The summed E-state index contributed by atoms with van der Waals surface area (Å²) in [5.41, 5.74) is 8.31. The van der Waals surface area contributed by atoms with Gasteiger partial charge in [0.25, 0.3) is 0 Å². The predicted molar refractivity (Wildman–Crippen MR) is 205 cm³/mol. The number of benzene rings is 7. The van der Waals surface area contributed by atoms with Gasteiger partial charge < -0.3 is 4.42 Å². The van der Waals surface area contributed by atoms with Gasteiger partial charge in [0.1, 0.15) is 11.2 Å². The van der Waals surface area contributed by atoms with Crippen molar-refractivity contribution in [1.82, 2.24) is 14.5 Å². The summed E-state index contributed by atoms with van der Waals surface area (Å²) in [6.45, 7) is 0. The van der Waals surface area contributed by atoms with Gasteiger partial charge in [-0.3, -0.25) is 4.57 Å². The Morgan fingerprint density at radius 3 is 2.16 bits per heavy atom. The molecule has 0 radical (unpaired) electrons. The lowest BCUT2D eigenvalue weighted by Crippen LogP contribution is -2.01. The van der Waals surface area contributed by atoms with Gasteiger partial charge in [-0.05, 0) is 64.4 Å². The fourth-order valence-corrected chi connectivity index (χ4v) is 8.69. The number of thiophene rings is 1. The molecule has 4 aromatic heterocycles. The Balaban J connectivity index is 1.25. The van der Waals surface area contributed by atoms with E-state index >= 15 is 0 Å². The summed E-state index contributed by atoms with van der Waals surface area (Å²) in [5, 5.41) is 8.15. The molecule has 0 aliphatic heterocycles. The van der Waals surface area contributed by atoms with Gasteiger partial charge in [-0.2, -0.15) is 0 Å². The van der Waals surface area contributed by atoms with Crippen LogP contribution >= 0.6 is 11.3 Å². The first kappa shape index (κ1) is 26.7. The summed E-state index contributed by atoms with van der Waals surface area (Å²) < 4.78 is 10.9. The number of nitrogens with zero attached hydrogens (tertiary/aromatic N) is 3. The van der Waals surface area contributed by atoms with Crippen molar-refractivity contribution in [3.8, 4) is 28.3 Å². The molecule has 0 saturated carbocycles. The van der Waals surface area contributed by atoms with Gasteiger partial charge in [0, 0.05) is 37.2 Å². The largest absolute Gasteiger partial charge is 0.456 e. The van der Waals surface area contributed by atoms with E-state index < -0.39 is 0 Å². The Morgan fingerprint density at radius 1 is 0.490 bits per heavy atom. The molecule has 0 N–H and O–H groups in total. The minimum Gasteiger partial charge on any atom is -0.456 e. The lowest BCUT2D eigenvalue weighted by Gasteiger charge is -2.12. The van der Waals surface area contributed by atoms with Crippen LogP contribution in [-0.4, -0.2) is 14.5 Å². The third-order valence-corrected chi connectivity index (χ3v) is 10.9. The van der Waals surface area contributed by atoms with E-state index in [-0.39, 0.29) is 0 Å². The molecular formula is C44H25N3OS. The number of hydrogen-bond acceptors (Lipinski definition) is 4. The quantitative estimate of drug-likeness (QED) is 0.192. The SMILES string of the molecule is c1ccc(-c2cccc(-c3nc(-n4c5ccccc5c5c6cc7c(cc6ccc54)oc4ccccc47)c4sc5ccccc5c4n3)c2)cc1. The van der Waals surface area contributed by atoms with Crippen LogP contribution in [0.4, 0.5) is 0 Å². The molecule has 4 heterocycles. The van der Waals surface area contributed by atoms with Crippen molar-refractivity contribution in [2.24, 2.45) is 0 Å². The minimum absolute atomic E-state index is 0.710. The van der Waals surface area contributed by atoms with Crippen LogP contribution in [0.5, 0.6) is 0 Å². The van der Waals surface area contributed by atoms with Gasteiger partial charge in [-0.1, -0.05) is 109 Å². The maximum absolute atomic E-state index is 6.28. The van der Waals surface area contributed by atoms with Crippen molar-refractivity contribution in [2.75, 3.05) is 0 Å². The zero-order valence-corrected chi connectivity index (χ0v) is 26.9. The number of para-hydroxylation sites is 2. The van der Waals surface area contributed by atoms with Crippen LogP contribution in [0.25, 0.3) is 103 Å². The second kappa shape index (κ2) is 10.1. The van der Waals surface area contributed by atoms with Crippen LogP contribution in [0.2, 0.25) is 0 Å². The lowest BCUT2D eigenvalue weighted by atomic mass is 10.0. The molecule has 0 amide bonds. The normalized spacial score (nSPS) is 12.1. The van der Waals surface area contributed by atoms with Crippen molar-refractivity contribution in [2.45, 2.75) is 0 Å². The highest BCUT2D eigenvalue weighted by atomic mass is 32.1. The Bertz CT molecular complexity index is 3110. The summed E-state index contributed by atoms with van der Waals surface area (Å²) in [7, 11) is 0. The first-order valence-electron chi connectivity index (χ1n) is 16.4. The van der Waals surface area contributed by atoms with Gasteiger partial charge in [0.15, 0.2) is 11.6 Å². The Kier molecular flexibility index (Phi) is 5.51. The zero-order valence-electron chi connectivity index (χ0n) is 26.1. The smallest absolute Gasteiger partial charge is 0.162 e. The molecule has 0 aliphatic carbocycles. The molecule has 0 atom stereocenters. The highest BCUT2D eigenvalue weighted by Gasteiger charge is 2.22. The van der Waals surface area contributed by atoms with Crippen LogP contribution in [0, 0.1) is 0 Å². The average molecular weight is 644 g/mol. The first-order chi connectivity index (χ1) is 24.3. The molecule has 0 unspecified atom stereocenters. The molecule has 7 aromatic carbocycles. The number of aromatic nitrogens is 3. The average Bonchev–Trinajstić information content (AvgIpc) is 3.83. The molecule has 0 bridgehead atoms. The minimum atomic E-state index is 0.710. The summed E-state index contributed by atoms with van der Waals surface area (Å²) in [6, 6.07) is 53.5. The highest BCUT2D eigenvalue weighted by Crippen LogP contribution is 2.43. The van der Waals surface area contributed by atoms with Gasteiger partial charge in [-0.25, -0.2) is 9.97 Å². The van der Waals surface area contributed by atoms with Crippen LogP contribution < -0.4 is 0 Å². The second-order valence-electron chi connectivity index (χ2n) is 12.6. The molecule has 4 nitrogen and oxygen atoms in total. The third kappa shape index (κ3) is 3.91. The summed E-state index contributed by atoms with van der Waals surface area (Å²) >= 11 is 1.76. The molecule has 11 rings (SSSR count). The zero-order chi connectivity index (χ0) is 32.1. The molecule has 49 heavy (non-hydrogen) atoms. The van der Waals surface area contributed by atoms with E-state index in [1.165, 1.54) is 26.4 Å². The van der Waals surface area contributed by atoms with Gasteiger partial charge in [0.2, 0.25) is 0 Å². The fourth-order valence-electron chi connectivity index (χ4n) is 7.56. The van der Waals surface area contributed by atoms with Gasteiger partial charge in [-0.15, -0.1) is 11.3 Å². The molecule has 5 heteroatoms. The second-order valence-corrected chi connectivity index (χ2v) is 13.6. The molecule has 11 aromatic rings. The number of hydrogen-bond donors (Lipinski definition) is 0. The Hall–Kier alpha value is -6.30. The standard InChI is InChI=1S/C44H25N3OS/c1-2-11-26(12-3-1)27-13-10-14-29(23-27)43-45-41-32-17-6-9-20-39(32)49-42(41)44(46-43)47-35-18-7-4-16-31(35)40-33-25-34-30-15-5-8-19-37(30)48-38(34)24-28(33)21-22-36(40)47/h1-25H. The molecular weight excluding hydrogens is 619 g/mol. The Labute approximate surface area is 284 Å². The Morgan fingerprint density at radius 2 is 1.24 bits per heavy atom. The number of furan rings is 1. The van der Waals surface area contributed by atoms with E-state index in [1.54, 1.807) is 11.3 Å². The van der Waals surface area contributed by atoms with Crippen LogP contribution in [0.3, 0.4) is 0 Å². The molecule has 0 aliphatic rings. The molecule has 228 valence electrons. The monoisotopic (exact) mass is 643 g/mol. The van der Waals surface area contributed by atoms with E-state index in [9.17, 15) is 0 Å². The maximum atomic E-state index is 6.28. The van der Waals surface area contributed by atoms with Crippen molar-refractivity contribution >= 4 is 86.2 Å². The third-order valence-electron chi connectivity index (χ3n) is 9.79. The maximum Gasteiger partial charge on any atom is 0.162 e. The van der Waals surface area contributed by atoms with E-state index in [2.05, 4.69) is 138 Å². The lowest BCUT2D eigenvalue weighted by molar-refractivity contribution is 0.669. The van der Waals surface area contributed by atoms with Crippen LogP contribution in [0.1, 0.15) is 0 Å². The molecule has 0 saturated heterocycles. The van der Waals surface area contributed by atoms with Crippen LogP contribution in [0.15, 0.2) is 156 Å². The summed E-state index contributed by atoms with van der Waals surface area (Å²) in [6.07, 6.45) is 0. The highest BCUT2D eigenvalue weighted by molar-refractivity contribution is 7.26. The van der Waals surface area contributed by atoms with Crippen LogP contribution in [-0.2, 0) is 0 Å². The number of rotatable bonds is 3. The van der Waals surface area contributed by atoms with Crippen molar-refractivity contribution in [3.63, 3.8) is 0 Å². The van der Waals surface area contributed by atoms with Gasteiger partial charge in [0.05, 0.1) is 21.3 Å². The predicted octanol–water partition coefficient (Wildman–Crippen LogP) is 12.3. The van der Waals surface area contributed by atoms with E-state index in [0.29, 0.717) is 5.82 Å². The number of fused-ring (bicyclic) bond motifs is 11. The fraction of sp³-hybridized carbons (Fsp3) is 0. The van der Waals surface area contributed by atoms with E-state index in [1.807, 2.05) is 18.2 Å². The topological polar surface area (TPSA) is 43.9 Å². The van der Waals surface area contributed by atoms with Crippen molar-refractivity contribution in [3.05, 3.63) is 152 Å².